The van der Waals surface area contributed by atoms with Crippen molar-refractivity contribution >= 4 is 23.2 Å². The first-order valence-electron chi connectivity index (χ1n) is 5.24. The van der Waals surface area contributed by atoms with Crippen LogP contribution in [0.1, 0.15) is 28.9 Å². The predicted molar refractivity (Wildman–Crippen MR) is 60.6 cm³/mol. The molecule has 1 saturated carbocycles. The lowest BCUT2D eigenvalue weighted by Crippen LogP contribution is -2.32. The molecule has 4 nitrogen and oxygen atoms in total. The van der Waals surface area contributed by atoms with Crippen LogP contribution in [0.5, 0.6) is 0 Å². The quantitative estimate of drug-likeness (QED) is 0.844. The van der Waals surface area contributed by atoms with Crippen molar-refractivity contribution in [3.8, 4) is 0 Å². The van der Waals surface area contributed by atoms with Gasteiger partial charge in [-0.2, -0.15) is 0 Å². The van der Waals surface area contributed by atoms with Crippen LogP contribution in [0.15, 0.2) is 17.5 Å². The van der Waals surface area contributed by atoms with E-state index in [-0.39, 0.29) is 17.9 Å². The van der Waals surface area contributed by atoms with Gasteiger partial charge in [0.2, 0.25) is 0 Å². The molecule has 0 radical (unpaired) electrons. The summed E-state index contributed by atoms with van der Waals surface area (Å²) in [7, 11) is 0. The second-order valence-corrected chi connectivity index (χ2v) is 4.94. The van der Waals surface area contributed by atoms with Gasteiger partial charge >= 0.3 is 5.97 Å². The SMILES string of the molecule is O=C(N[C@H]1CC[C@@H](C(=O)O)C1)c1cccs1. The number of carbonyl (C=O) groups is 2. The van der Waals surface area contributed by atoms with Gasteiger partial charge in [0, 0.05) is 6.04 Å². The molecule has 1 aliphatic rings. The van der Waals surface area contributed by atoms with Crippen LogP contribution in [-0.4, -0.2) is 23.0 Å². The second kappa shape index (κ2) is 4.65. The van der Waals surface area contributed by atoms with Crippen LogP contribution in [0.3, 0.4) is 0 Å². The number of hydrogen-bond acceptors (Lipinski definition) is 3. The highest BCUT2D eigenvalue weighted by Crippen LogP contribution is 2.26. The van der Waals surface area contributed by atoms with Gasteiger partial charge in [0.25, 0.3) is 5.91 Å². The predicted octanol–water partition coefficient (Wildman–Crippen LogP) is 1.73. The zero-order chi connectivity index (χ0) is 11.5. The molecule has 1 aliphatic carbocycles. The number of carboxylic acid groups (broad SMARTS) is 1. The van der Waals surface area contributed by atoms with Crippen molar-refractivity contribution in [2.45, 2.75) is 25.3 Å². The number of aliphatic carboxylic acids is 1. The second-order valence-electron chi connectivity index (χ2n) is 4.00. The maximum atomic E-state index is 11.7. The van der Waals surface area contributed by atoms with Gasteiger partial charge < -0.3 is 10.4 Å². The van der Waals surface area contributed by atoms with Gasteiger partial charge in [-0.3, -0.25) is 9.59 Å². The Morgan fingerprint density at radius 3 is 2.81 bits per heavy atom. The topological polar surface area (TPSA) is 66.4 Å². The first-order chi connectivity index (χ1) is 7.66. The molecule has 86 valence electrons. The molecule has 0 aromatic carbocycles. The lowest BCUT2D eigenvalue weighted by Gasteiger charge is -2.11. The van der Waals surface area contributed by atoms with E-state index in [1.54, 1.807) is 6.07 Å². The van der Waals surface area contributed by atoms with E-state index >= 15 is 0 Å². The number of nitrogens with one attached hydrogen (secondary N) is 1. The maximum Gasteiger partial charge on any atom is 0.306 e. The van der Waals surface area contributed by atoms with Crippen LogP contribution in [0.2, 0.25) is 0 Å². The molecule has 1 heterocycles. The third-order valence-electron chi connectivity index (χ3n) is 2.86. The largest absolute Gasteiger partial charge is 0.481 e. The van der Waals surface area contributed by atoms with Gasteiger partial charge in [-0.05, 0) is 30.7 Å². The summed E-state index contributed by atoms with van der Waals surface area (Å²) in [6.45, 7) is 0. The molecule has 0 bridgehead atoms. The molecule has 1 fully saturated rings. The van der Waals surface area contributed by atoms with Crippen molar-refractivity contribution in [1.82, 2.24) is 5.32 Å². The van der Waals surface area contributed by atoms with Crippen LogP contribution in [0.25, 0.3) is 0 Å². The Bertz CT molecular complexity index is 388. The molecule has 0 aliphatic heterocycles. The number of rotatable bonds is 3. The molecule has 1 aromatic rings. The maximum absolute atomic E-state index is 11.7. The van der Waals surface area contributed by atoms with E-state index in [0.717, 1.165) is 6.42 Å². The van der Waals surface area contributed by atoms with Crippen LogP contribution < -0.4 is 5.32 Å². The molecular weight excluding hydrogens is 226 g/mol. The van der Waals surface area contributed by atoms with Crippen molar-refractivity contribution in [3.63, 3.8) is 0 Å². The number of hydrogen-bond donors (Lipinski definition) is 2. The zero-order valence-electron chi connectivity index (χ0n) is 8.68. The summed E-state index contributed by atoms with van der Waals surface area (Å²) in [6, 6.07) is 3.61. The number of carboxylic acids is 1. The molecule has 2 N–H and O–H groups in total. The van der Waals surface area contributed by atoms with Gasteiger partial charge in [0.15, 0.2) is 0 Å². The summed E-state index contributed by atoms with van der Waals surface area (Å²) in [5.74, 6) is -1.15. The lowest BCUT2D eigenvalue weighted by atomic mass is 10.1. The van der Waals surface area contributed by atoms with Crippen LogP contribution in [0.4, 0.5) is 0 Å². The molecule has 1 amide bonds. The summed E-state index contributed by atoms with van der Waals surface area (Å²) in [6.07, 6.45) is 1.96. The van der Waals surface area contributed by atoms with E-state index in [1.807, 2.05) is 11.4 Å². The van der Waals surface area contributed by atoms with Crippen LogP contribution in [0, 0.1) is 5.92 Å². The molecule has 2 atom stereocenters. The highest BCUT2D eigenvalue weighted by atomic mass is 32.1. The fourth-order valence-corrected chi connectivity index (χ4v) is 2.63. The minimum absolute atomic E-state index is 0.00991. The Morgan fingerprint density at radius 1 is 1.44 bits per heavy atom. The van der Waals surface area contributed by atoms with Gasteiger partial charge in [-0.25, -0.2) is 0 Å². The number of carbonyl (C=O) groups excluding carboxylic acids is 1. The Labute approximate surface area is 97.3 Å². The molecule has 5 heteroatoms. The first kappa shape index (κ1) is 11.1. The van der Waals surface area contributed by atoms with E-state index in [1.165, 1.54) is 11.3 Å². The van der Waals surface area contributed by atoms with E-state index in [4.69, 9.17) is 5.11 Å². The van der Waals surface area contributed by atoms with Gasteiger partial charge in [0.1, 0.15) is 0 Å². The minimum Gasteiger partial charge on any atom is -0.481 e. The molecule has 0 unspecified atom stereocenters. The van der Waals surface area contributed by atoms with Crippen LogP contribution >= 0.6 is 11.3 Å². The average Bonchev–Trinajstić information content (AvgIpc) is 2.87. The molecule has 2 rings (SSSR count). The van der Waals surface area contributed by atoms with Crippen molar-refractivity contribution in [1.29, 1.82) is 0 Å². The Balaban J connectivity index is 1.88. The van der Waals surface area contributed by atoms with Crippen molar-refractivity contribution in [2.24, 2.45) is 5.92 Å². The van der Waals surface area contributed by atoms with Crippen molar-refractivity contribution < 1.29 is 14.7 Å². The monoisotopic (exact) mass is 239 g/mol. The smallest absolute Gasteiger partial charge is 0.306 e. The Kier molecular flexibility index (Phi) is 3.24. The van der Waals surface area contributed by atoms with E-state index in [9.17, 15) is 9.59 Å². The number of thiophene rings is 1. The summed E-state index contributed by atoms with van der Waals surface area (Å²) in [5.41, 5.74) is 0. The third-order valence-corrected chi connectivity index (χ3v) is 3.73. The average molecular weight is 239 g/mol. The van der Waals surface area contributed by atoms with E-state index < -0.39 is 5.97 Å². The summed E-state index contributed by atoms with van der Waals surface area (Å²) < 4.78 is 0. The van der Waals surface area contributed by atoms with E-state index in [2.05, 4.69) is 5.32 Å². The van der Waals surface area contributed by atoms with Crippen LogP contribution in [-0.2, 0) is 4.79 Å². The zero-order valence-corrected chi connectivity index (χ0v) is 9.50. The fourth-order valence-electron chi connectivity index (χ4n) is 2.00. The molecule has 0 saturated heterocycles. The third kappa shape index (κ3) is 2.41. The molecule has 0 spiro atoms. The highest BCUT2D eigenvalue weighted by molar-refractivity contribution is 7.12. The lowest BCUT2D eigenvalue weighted by molar-refractivity contribution is -0.141. The Morgan fingerprint density at radius 2 is 2.25 bits per heavy atom. The minimum atomic E-state index is -0.757. The highest BCUT2D eigenvalue weighted by Gasteiger charge is 2.30. The summed E-state index contributed by atoms with van der Waals surface area (Å²) >= 11 is 1.39. The summed E-state index contributed by atoms with van der Waals surface area (Å²) in [5, 5.41) is 13.6. The van der Waals surface area contributed by atoms with E-state index in [0.29, 0.717) is 17.7 Å². The molecule has 1 aromatic heterocycles. The molecule has 16 heavy (non-hydrogen) atoms. The first-order valence-corrected chi connectivity index (χ1v) is 6.12. The van der Waals surface area contributed by atoms with Crippen molar-refractivity contribution in [3.05, 3.63) is 22.4 Å². The molecular formula is C11H13NO3S. The normalized spacial score (nSPS) is 24.2. The number of amides is 1. The standard InChI is InChI=1S/C11H13NO3S/c13-10(9-2-1-5-16-9)12-8-4-3-7(6-8)11(14)15/h1-2,5,7-8H,3-4,6H2,(H,12,13)(H,14,15)/t7-,8+/m1/s1. The summed E-state index contributed by atoms with van der Waals surface area (Å²) in [4.78, 5) is 23.1. The fraction of sp³-hybridized carbons (Fsp3) is 0.455. The van der Waals surface area contributed by atoms with Gasteiger partial charge in [-0.15, -0.1) is 11.3 Å². The van der Waals surface area contributed by atoms with Crippen molar-refractivity contribution in [2.75, 3.05) is 0 Å². The Hall–Kier alpha value is -1.36. The van der Waals surface area contributed by atoms with Gasteiger partial charge in [-0.1, -0.05) is 6.07 Å². The van der Waals surface area contributed by atoms with Gasteiger partial charge in [0.05, 0.1) is 10.8 Å².